The maximum atomic E-state index is 11.0. The van der Waals surface area contributed by atoms with Crippen molar-refractivity contribution in [3.8, 4) is 51.3 Å². The van der Waals surface area contributed by atoms with Crippen LogP contribution in [0.4, 0.5) is 17.1 Å². The molecule has 54 heavy (non-hydrogen) atoms. The predicted octanol–water partition coefficient (Wildman–Crippen LogP) is 11.9. The summed E-state index contributed by atoms with van der Waals surface area (Å²) < 4.78 is 6.66. The Morgan fingerprint density at radius 1 is 0.574 bits per heavy atom. The van der Waals surface area contributed by atoms with Crippen molar-refractivity contribution in [2.24, 2.45) is 0 Å². The second-order valence-electron chi connectivity index (χ2n) is 15.2. The number of ether oxygens (including phenoxy) is 1. The first-order chi connectivity index (χ1) is 26.4. The van der Waals surface area contributed by atoms with Crippen molar-refractivity contribution in [2.45, 2.75) is 31.6 Å². The highest BCUT2D eigenvalue weighted by Gasteiger charge is 2.52. The molecule has 7 aromatic carbocycles. The summed E-state index contributed by atoms with van der Waals surface area (Å²) in [5, 5.41) is 21.7. The molecule has 1 heterocycles. The van der Waals surface area contributed by atoms with E-state index in [9.17, 15) is 10.5 Å². The van der Waals surface area contributed by atoms with Crippen molar-refractivity contribution < 1.29 is 4.74 Å². The second kappa shape index (κ2) is 11.6. The molecule has 3 aliphatic rings. The first-order valence-corrected chi connectivity index (χ1v) is 18.4. The summed E-state index contributed by atoms with van der Waals surface area (Å²) in [4.78, 5) is 2.19. The van der Waals surface area contributed by atoms with E-state index in [4.69, 9.17) is 4.74 Å². The number of hydrogen-bond donors (Lipinski definition) is 0. The van der Waals surface area contributed by atoms with Gasteiger partial charge in [-0.25, -0.2) is 0 Å². The summed E-state index contributed by atoms with van der Waals surface area (Å²) in [5.74, 6) is 0.662. The van der Waals surface area contributed by atoms with Crippen molar-refractivity contribution in [1.82, 2.24) is 0 Å². The molecule has 2 aliphatic carbocycles. The van der Waals surface area contributed by atoms with Gasteiger partial charge in [0.15, 0.2) is 0 Å². The third-order valence-corrected chi connectivity index (χ3v) is 11.9. The largest absolute Gasteiger partial charge is 0.490 e. The molecule has 0 atom stereocenters. The third kappa shape index (κ3) is 4.11. The van der Waals surface area contributed by atoms with Crippen LogP contribution in [0.5, 0.6) is 5.75 Å². The molecule has 0 saturated heterocycles. The molecular weight excluding hydrogens is 659 g/mol. The monoisotopic (exact) mass is 693 g/mol. The number of rotatable bonds is 4. The van der Waals surface area contributed by atoms with Gasteiger partial charge >= 0.3 is 0 Å². The van der Waals surface area contributed by atoms with Crippen molar-refractivity contribution in [3.63, 3.8) is 0 Å². The Hall–Kier alpha value is -6.88. The lowest BCUT2D eigenvalue weighted by Gasteiger charge is -2.33. The molecule has 0 aromatic heterocycles. The van der Waals surface area contributed by atoms with E-state index in [0.29, 0.717) is 29.2 Å². The molecule has 256 valence electrons. The highest BCUT2D eigenvalue weighted by Crippen LogP contribution is 2.65. The summed E-state index contributed by atoms with van der Waals surface area (Å²) >= 11 is 0. The van der Waals surface area contributed by atoms with Gasteiger partial charge in [-0.05, 0) is 80.8 Å². The minimum Gasteiger partial charge on any atom is -0.490 e. The average molecular weight is 694 g/mol. The number of hydrogen-bond acceptors (Lipinski definition) is 4. The summed E-state index contributed by atoms with van der Waals surface area (Å²) in [6, 6.07) is 56.7. The molecule has 0 saturated carbocycles. The van der Waals surface area contributed by atoms with Gasteiger partial charge in [-0.3, -0.25) is 0 Å². The second-order valence-corrected chi connectivity index (χ2v) is 15.2. The zero-order valence-electron chi connectivity index (χ0n) is 30.3. The normalized spacial score (nSPS) is 14.5. The smallest absolute Gasteiger partial charge is 0.148 e. The molecule has 10 rings (SSSR count). The Balaban J connectivity index is 1.33. The molecule has 0 bridgehead atoms. The summed E-state index contributed by atoms with van der Waals surface area (Å²) in [6.45, 7) is 6.70. The molecule has 0 fully saturated rings. The SMILES string of the molecule is Cc1c(C#N)c(C#N)c(N(c2ccc(-c3ccccc3)cc2)c2cccc3c2-c2ccccc2C32c3ccccc3-c3ccccc32)c2c1C(C)(C)CO2. The first kappa shape index (κ1) is 31.8. The van der Waals surface area contributed by atoms with Gasteiger partial charge in [-0.2, -0.15) is 10.5 Å². The minimum absolute atomic E-state index is 0.314. The molecule has 0 radical (unpaired) electrons. The van der Waals surface area contributed by atoms with Crippen LogP contribution < -0.4 is 9.64 Å². The molecule has 1 spiro atoms. The molecule has 0 N–H and O–H groups in total. The van der Waals surface area contributed by atoms with E-state index in [1.54, 1.807) is 0 Å². The van der Waals surface area contributed by atoms with Gasteiger partial charge in [-0.15, -0.1) is 0 Å². The molecule has 1 aliphatic heterocycles. The maximum absolute atomic E-state index is 11.0. The highest BCUT2D eigenvalue weighted by atomic mass is 16.5. The lowest BCUT2D eigenvalue weighted by molar-refractivity contribution is 0.291. The predicted molar refractivity (Wildman–Crippen MR) is 216 cm³/mol. The van der Waals surface area contributed by atoms with Crippen LogP contribution in [0, 0.1) is 29.6 Å². The maximum Gasteiger partial charge on any atom is 0.148 e. The van der Waals surface area contributed by atoms with Gasteiger partial charge < -0.3 is 9.64 Å². The zero-order valence-corrected chi connectivity index (χ0v) is 30.3. The highest BCUT2D eigenvalue weighted by molar-refractivity contribution is 6.02. The fourth-order valence-corrected chi connectivity index (χ4v) is 9.71. The lowest BCUT2D eigenvalue weighted by atomic mass is 9.70. The van der Waals surface area contributed by atoms with Crippen LogP contribution in [-0.4, -0.2) is 6.61 Å². The minimum atomic E-state index is -0.540. The van der Waals surface area contributed by atoms with Crippen LogP contribution in [0.3, 0.4) is 0 Å². The number of nitriles is 2. The van der Waals surface area contributed by atoms with E-state index >= 15 is 0 Å². The Labute approximate surface area is 315 Å². The molecule has 4 heteroatoms. The lowest BCUT2D eigenvalue weighted by Crippen LogP contribution is -2.26. The van der Waals surface area contributed by atoms with E-state index in [-0.39, 0.29) is 5.41 Å². The number of fused-ring (bicyclic) bond motifs is 11. The van der Waals surface area contributed by atoms with Crippen LogP contribution in [0.1, 0.15) is 58.4 Å². The number of anilines is 3. The van der Waals surface area contributed by atoms with Gasteiger partial charge in [0.1, 0.15) is 23.6 Å². The Bertz CT molecular complexity index is 2740. The average Bonchev–Trinajstić information content (AvgIpc) is 3.82. The van der Waals surface area contributed by atoms with Crippen LogP contribution in [-0.2, 0) is 10.8 Å². The van der Waals surface area contributed by atoms with E-state index in [2.05, 4.69) is 158 Å². The fourth-order valence-electron chi connectivity index (χ4n) is 9.71. The van der Waals surface area contributed by atoms with Crippen LogP contribution in [0.2, 0.25) is 0 Å². The van der Waals surface area contributed by atoms with Gasteiger partial charge in [0, 0.05) is 22.2 Å². The Kier molecular flexibility index (Phi) is 6.81. The molecule has 4 nitrogen and oxygen atoms in total. The molecule has 7 aromatic rings. The van der Waals surface area contributed by atoms with Crippen molar-refractivity contribution >= 4 is 17.1 Å². The summed E-state index contributed by atoms with van der Waals surface area (Å²) in [6.07, 6.45) is 0. The quantitative estimate of drug-likeness (QED) is 0.184. The van der Waals surface area contributed by atoms with Crippen LogP contribution >= 0.6 is 0 Å². The van der Waals surface area contributed by atoms with Gasteiger partial charge in [0.2, 0.25) is 0 Å². The first-order valence-electron chi connectivity index (χ1n) is 18.4. The topological polar surface area (TPSA) is 60.0 Å². The van der Waals surface area contributed by atoms with Crippen LogP contribution in [0.15, 0.2) is 146 Å². The molecular formula is C50H35N3O. The fraction of sp³-hybridized carbons (Fsp3) is 0.120. The Morgan fingerprint density at radius 3 is 1.74 bits per heavy atom. The summed E-state index contributed by atoms with van der Waals surface area (Å²) in [7, 11) is 0. The Morgan fingerprint density at radius 2 is 1.11 bits per heavy atom. The molecule has 0 amide bonds. The third-order valence-electron chi connectivity index (χ3n) is 11.9. The number of nitrogens with zero attached hydrogens (tertiary/aromatic N) is 3. The van der Waals surface area contributed by atoms with E-state index in [0.717, 1.165) is 44.8 Å². The van der Waals surface area contributed by atoms with E-state index in [1.165, 1.54) is 33.4 Å². The van der Waals surface area contributed by atoms with Gasteiger partial charge in [0.25, 0.3) is 0 Å². The number of benzene rings is 7. The van der Waals surface area contributed by atoms with Crippen molar-refractivity contribution in [3.05, 3.63) is 190 Å². The van der Waals surface area contributed by atoms with Gasteiger partial charge in [-0.1, -0.05) is 141 Å². The van der Waals surface area contributed by atoms with Crippen molar-refractivity contribution in [2.75, 3.05) is 11.5 Å². The summed E-state index contributed by atoms with van der Waals surface area (Å²) in [5.41, 5.74) is 15.9. The van der Waals surface area contributed by atoms with E-state index < -0.39 is 5.41 Å². The van der Waals surface area contributed by atoms with Crippen LogP contribution in [0.25, 0.3) is 33.4 Å². The van der Waals surface area contributed by atoms with Gasteiger partial charge in [0.05, 0.1) is 28.8 Å². The zero-order chi connectivity index (χ0) is 36.8. The molecule has 0 unspecified atom stereocenters. The van der Waals surface area contributed by atoms with Crippen molar-refractivity contribution in [1.29, 1.82) is 10.5 Å². The standard InChI is InChI=1S/C50H35N3O/c1-31-38(28-51)39(29-52)47(48-46(31)49(2,3)30-54-48)53(34-26-24-33(25-27-34)32-14-5-4-6-15-32)44-23-13-22-43-45(44)37-18-9-12-21-42(37)50(43)40-19-10-7-16-35(40)36-17-8-11-20-41(36)50/h4-27H,30H2,1-3H3. The van der Waals surface area contributed by atoms with E-state index in [1.807, 2.05) is 25.1 Å².